The van der Waals surface area contributed by atoms with E-state index in [9.17, 15) is 4.79 Å². The molecule has 0 spiro atoms. The van der Waals surface area contributed by atoms with Crippen LogP contribution in [0.2, 0.25) is 0 Å². The zero-order valence-corrected chi connectivity index (χ0v) is 24.9. The number of hydrogen-bond acceptors (Lipinski definition) is 8. The topological polar surface area (TPSA) is 111 Å². The van der Waals surface area contributed by atoms with Crippen LogP contribution in [-0.4, -0.2) is 66.8 Å². The van der Waals surface area contributed by atoms with Gasteiger partial charge in [-0.1, -0.05) is 57.7 Å². The van der Waals surface area contributed by atoms with Gasteiger partial charge in [-0.05, 0) is 61.2 Å². The van der Waals surface area contributed by atoms with Crippen molar-refractivity contribution in [2.75, 3.05) is 38.5 Å². The van der Waals surface area contributed by atoms with Crippen molar-refractivity contribution < 1.29 is 4.79 Å². The fraction of sp³-hybridized carbons (Fsp3) is 0.375. The molecule has 4 N–H and O–H groups in total. The number of carbonyl (C=O) groups is 1. The van der Waals surface area contributed by atoms with Gasteiger partial charge in [0, 0.05) is 43.6 Å². The predicted octanol–water partition coefficient (Wildman–Crippen LogP) is 4.42. The maximum atomic E-state index is 13.0. The Morgan fingerprint density at radius 3 is 2.59 bits per heavy atom. The third-order valence-corrected chi connectivity index (χ3v) is 7.29. The van der Waals surface area contributed by atoms with E-state index in [1.54, 1.807) is 12.3 Å². The fourth-order valence-electron chi connectivity index (χ4n) is 4.67. The highest BCUT2D eigenvalue weighted by Crippen LogP contribution is 2.23. The summed E-state index contributed by atoms with van der Waals surface area (Å²) in [6, 6.07) is 13.9. The van der Waals surface area contributed by atoms with Crippen LogP contribution in [0.4, 0.5) is 5.69 Å². The molecule has 0 unspecified atom stereocenters. The quantitative estimate of drug-likeness (QED) is 0.490. The van der Waals surface area contributed by atoms with Gasteiger partial charge < -0.3 is 26.2 Å². The highest BCUT2D eigenvalue weighted by molar-refractivity contribution is 6.41. The van der Waals surface area contributed by atoms with Crippen LogP contribution in [0.25, 0.3) is 0 Å². The molecule has 0 radical (unpaired) electrons. The van der Waals surface area contributed by atoms with Crippen molar-refractivity contribution in [3.63, 3.8) is 0 Å². The normalized spacial score (nSPS) is 18.5. The molecule has 1 fully saturated rings. The van der Waals surface area contributed by atoms with Crippen LogP contribution >= 0.6 is 0 Å². The summed E-state index contributed by atoms with van der Waals surface area (Å²) in [5, 5.41) is 6.29. The number of likely N-dealkylation sites (N-methyl/N-ethyl adjacent to an activating group) is 1. The van der Waals surface area contributed by atoms with E-state index in [0.29, 0.717) is 41.0 Å². The number of aliphatic imine (C=N–C) groups is 3. The molecular formula is C32H42N8O. The van der Waals surface area contributed by atoms with Gasteiger partial charge in [0.25, 0.3) is 5.91 Å². The molecule has 2 aliphatic rings. The Bertz CT molecular complexity index is 1400. The van der Waals surface area contributed by atoms with Gasteiger partial charge in [0.15, 0.2) is 0 Å². The summed E-state index contributed by atoms with van der Waals surface area (Å²) in [5.41, 5.74) is 12.2. The Kier molecular flexibility index (Phi) is 9.39. The molecule has 9 heteroatoms. The number of rotatable bonds is 6. The molecule has 1 amide bonds. The van der Waals surface area contributed by atoms with Crippen LogP contribution in [0.3, 0.4) is 0 Å². The van der Waals surface area contributed by atoms with Crippen LogP contribution < -0.4 is 16.4 Å². The van der Waals surface area contributed by atoms with E-state index in [-0.39, 0.29) is 11.3 Å². The van der Waals surface area contributed by atoms with Gasteiger partial charge in [-0.3, -0.25) is 9.79 Å². The second-order valence-electron chi connectivity index (χ2n) is 11.6. The summed E-state index contributed by atoms with van der Waals surface area (Å²) in [4.78, 5) is 31.2. The molecule has 41 heavy (non-hydrogen) atoms. The minimum atomic E-state index is -0.163. The highest BCUT2D eigenvalue weighted by atomic mass is 16.1. The van der Waals surface area contributed by atoms with Gasteiger partial charge in [-0.25, -0.2) is 9.98 Å². The minimum Gasteiger partial charge on any atom is -0.383 e. The van der Waals surface area contributed by atoms with E-state index in [0.717, 1.165) is 43.7 Å². The fourth-order valence-corrected chi connectivity index (χ4v) is 4.67. The Morgan fingerprint density at radius 1 is 1.12 bits per heavy atom. The number of nitrogens with one attached hydrogen (secondary N) is 2. The molecule has 216 valence electrons. The summed E-state index contributed by atoms with van der Waals surface area (Å²) < 4.78 is 0. The van der Waals surface area contributed by atoms with Crippen LogP contribution in [-0.2, 0) is 12.0 Å². The van der Waals surface area contributed by atoms with Crippen LogP contribution in [0.1, 0.15) is 54.2 Å². The Balaban J connectivity index is 1.52. The van der Waals surface area contributed by atoms with Crippen molar-refractivity contribution in [2.24, 2.45) is 20.7 Å². The summed E-state index contributed by atoms with van der Waals surface area (Å²) in [7, 11) is 2.12. The first-order valence-corrected chi connectivity index (χ1v) is 14.1. The SMILES string of the molecule is C=C/N=C1/C=NC(N2CCCN(C)CC2)=N/C1=C(/N)Nc1cc(C(=O)NCc2ccc(C(C)(C)C)cc2)ccc1C. The number of carbonyl (C=O) groups excluding carboxylic acids is 1. The number of nitrogens with zero attached hydrogens (tertiary/aromatic N) is 5. The number of nitrogens with two attached hydrogens (primary N) is 1. The maximum Gasteiger partial charge on any atom is 0.251 e. The first-order valence-electron chi connectivity index (χ1n) is 14.1. The monoisotopic (exact) mass is 554 g/mol. The van der Waals surface area contributed by atoms with E-state index in [1.807, 2.05) is 19.1 Å². The van der Waals surface area contributed by atoms with Gasteiger partial charge in [0.1, 0.15) is 17.2 Å². The second-order valence-corrected chi connectivity index (χ2v) is 11.6. The van der Waals surface area contributed by atoms with E-state index in [1.165, 1.54) is 11.8 Å². The summed E-state index contributed by atoms with van der Waals surface area (Å²) in [5.74, 6) is 0.772. The Morgan fingerprint density at radius 2 is 1.88 bits per heavy atom. The number of hydrogen-bond donors (Lipinski definition) is 3. The van der Waals surface area contributed by atoms with Gasteiger partial charge in [-0.2, -0.15) is 0 Å². The van der Waals surface area contributed by atoms with Gasteiger partial charge in [0.2, 0.25) is 5.96 Å². The molecule has 2 heterocycles. The van der Waals surface area contributed by atoms with Crippen molar-refractivity contribution >= 4 is 29.5 Å². The zero-order valence-electron chi connectivity index (χ0n) is 24.9. The third kappa shape index (κ3) is 7.70. The number of guanidine groups is 1. The summed E-state index contributed by atoms with van der Waals surface area (Å²) >= 11 is 0. The molecule has 0 bridgehead atoms. The molecule has 2 aliphatic heterocycles. The average molecular weight is 555 g/mol. The molecule has 0 saturated carbocycles. The van der Waals surface area contributed by atoms with Crippen LogP contribution in [0.15, 0.2) is 81.7 Å². The smallest absolute Gasteiger partial charge is 0.251 e. The third-order valence-electron chi connectivity index (χ3n) is 7.29. The number of aryl methyl sites for hydroxylation is 1. The van der Waals surface area contributed by atoms with Crippen molar-refractivity contribution in [1.29, 1.82) is 0 Å². The minimum absolute atomic E-state index is 0.0871. The van der Waals surface area contributed by atoms with Crippen molar-refractivity contribution in [3.05, 3.63) is 89.0 Å². The maximum absolute atomic E-state index is 13.0. The highest BCUT2D eigenvalue weighted by Gasteiger charge is 2.22. The van der Waals surface area contributed by atoms with Crippen LogP contribution in [0.5, 0.6) is 0 Å². The lowest BCUT2D eigenvalue weighted by Gasteiger charge is -2.24. The molecule has 0 atom stereocenters. The number of anilines is 1. The standard InChI is InChI=1S/C32H42N8O/c1-7-34-27-21-36-31(40-16-8-15-39(6)17-18-40)38-28(27)29(33)37-26-19-24(12-9-22(26)2)30(41)35-20-23-10-13-25(14-11-23)32(3,4)5/h7,9-14,19,21,37H,1,8,15-18,20,33H2,2-6H3,(H,35,41)/b29-28-,34-27-. The first kappa shape index (κ1) is 29.7. The molecule has 4 rings (SSSR count). The van der Waals surface area contributed by atoms with E-state index >= 15 is 0 Å². The Labute approximate surface area is 243 Å². The number of amides is 1. The average Bonchev–Trinajstić information content (AvgIpc) is 3.17. The lowest BCUT2D eigenvalue weighted by atomic mass is 9.87. The second kappa shape index (κ2) is 13.0. The molecular weight excluding hydrogens is 512 g/mol. The molecule has 0 aromatic heterocycles. The number of allylic oxidation sites excluding steroid dienone is 1. The van der Waals surface area contributed by atoms with Gasteiger partial charge in [0.05, 0.1) is 6.21 Å². The van der Waals surface area contributed by atoms with Crippen molar-refractivity contribution in [2.45, 2.75) is 46.1 Å². The molecule has 9 nitrogen and oxygen atoms in total. The Hall–Kier alpha value is -4.24. The van der Waals surface area contributed by atoms with E-state index in [4.69, 9.17) is 10.7 Å². The number of benzene rings is 2. The molecule has 2 aromatic rings. The van der Waals surface area contributed by atoms with Gasteiger partial charge >= 0.3 is 0 Å². The molecule has 1 saturated heterocycles. The largest absolute Gasteiger partial charge is 0.383 e. The van der Waals surface area contributed by atoms with Crippen molar-refractivity contribution in [3.8, 4) is 0 Å². The predicted molar refractivity (Wildman–Crippen MR) is 170 cm³/mol. The summed E-state index contributed by atoms with van der Waals surface area (Å²) in [6.07, 6.45) is 4.15. The van der Waals surface area contributed by atoms with Crippen LogP contribution in [0, 0.1) is 6.92 Å². The lowest BCUT2D eigenvalue weighted by molar-refractivity contribution is 0.0951. The molecule has 2 aromatic carbocycles. The van der Waals surface area contributed by atoms with E-state index < -0.39 is 0 Å². The van der Waals surface area contributed by atoms with Gasteiger partial charge in [-0.15, -0.1) is 0 Å². The first-order chi connectivity index (χ1) is 19.5. The van der Waals surface area contributed by atoms with E-state index in [2.05, 4.69) is 89.1 Å². The molecule has 0 aliphatic carbocycles. The summed E-state index contributed by atoms with van der Waals surface area (Å²) in [6.45, 7) is 16.3. The zero-order chi connectivity index (χ0) is 29.6. The lowest BCUT2D eigenvalue weighted by Crippen LogP contribution is -2.36. The van der Waals surface area contributed by atoms with Crippen molar-refractivity contribution in [1.82, 2.24) is 15.1 Å².